The molecule has 22 heavy (non-hydrogen) atoms. The fourth-order valence-electron chi connectivity index (χ4n) is 2.87. The summed E-state index contributed by atoms with van der Waals surface area (Å²) in [5.41, 5.74) is 1.18. The number of benzene rings is 1. The smallest absolute Gasteiger partial charge is 0.241 e. The molecule has 1 aromatic rings. The lowest BCUT2D eigenvalue weighted by Crippen LogP contribution is -2.47. The molecular weight excluding hydrogens is 278 g/mol. The van der Waals surface area contributed by atoms with Crippen molar-refractivity contribution < 1.29 is 9.90 Å². The molecule has 2 unspecified atom stereocenters. The van der Waals surface area contributed by atoms with Crippen LogP contribution in [0, 0.1) is 17.2 Å². The Morgan fingerprint density at radius 2 is 2.09 bits per heavy atom. The second kappa shape index (κ2) is 7.39. The molecule has 1 heterocycles. The molecule has 0 radical (unpaired) electrons. The van der Waals surface area contributed by atoms with E-state index in [1.54, 1.807) is 24.3 Å². The van der Waals surface area contributed by atoms with Gasteiger partial charge < -0.3 is 10.4 Å². The summed E-state index contributed by atoms with van der Waals surface area (Å²) in [5.74, 6) is 0.268. The second-order valence-corrected chi connectivity index (χ2v) is 5.97. The average molecular weight is 301 g/mol. The zero-order chi connectivity index (χ0) is 16.1. The van der Waals surface area contributed by atoms with Gasteiger partial charge in [0.05, 0.1) is 23.8 Å². The van der Waals surface area contributed by atoms with Crippen LogP contribution in [0.1, 0.15) is 32.3 Å². The van der Waals surface area contributed by atoms with Crippen LogP contribution < -0.4 is 5.32 Å². The predicted molar refractivity (Wildman–Crippen MR) is 85.2 cm³/mol. The summed E-state index contributed by atoms with van der Waals surface area (Å²) in [6, 6.07) is 8.76. The van der Waals surface area contributed by atoms with Crippen molar-refractivity contribution >= 4 is 11.6 Å². The summed E-state index contributed by atoms with van der Waals surface area (Å²) in [4.78, 5) is 14.5. The molecule has 2 rings (SSSR count). The van der Waals surface area contributed by atoms with Gasteiger partial charge in [0, 0.05) is 5.69 Å². The van der Waals surface area contributed by atoms with Gasteiger partial charge in [-0.2, -0.15) is 5.26 Å². The van der Waals surface area contributed by atoms with E-state index in [0.717, 1.165) is 25.9 Å². The summed E-state index contributed by atoms with van der Waals surface area (Å²) >= 11 is 0. The van der Waals surface area contributed by atoms with Gasteiger partial charge in [-0.25, -0.2) is 0 Å². The standard InChI is InChI=1S/C17H23N3O2/c1-12(20-8-6-15(7-9-20)13(2)21)17(22)19-16-5-3-4-14(10-16)11-18/h3-5,10,12-13,15,21H,6-9H2,1-2H3,(H,19,22). The third-order valence-electron chi connectivity index (χ3n) is 4.44. The Kier molecular flexibility index (Phi) is 5.53. The SMILES string of the molecule is CC(O)C1CCN(C(C)C(=O)Nc2cccc(C#N)c2)CC1. The molecular formula is C17H23N3O2. The number of nitrogens with zero attached hydrogens (tertiary/aromatic N) is 2. The van der Waals surface area contributed by atoms with Crippen molar-refractivity contribution in [3.05, 3.63) is 29.8 Å². The summed E-state index contributed by atoms with van der Waals surface area (Å²) in [7, 11) is 0. The van der Waals surface area contributed by atoms with Gasteiger partial charge in [0.2, 0.25) is 5.91 Å². The molecule has 0 spiro atoms. The van der Waals surface area contributed by atoms with E-state index in [1.807, 2.05) is 13.8 Å². The fraction of sp³-hybridized carbons (Fsp3) is 0.529. The summed E-state index contributed by atoms with van der Waals surface area (Å²) < 4.78 is 0. The van der Waals surface area contributed by atoms with Crippen LogP contribution in [0.15, 0.2) is 24.3 Å². The lowest BCUT2D eigenvalue weighted by atomic mass is 9.91. The quantitative estimate of drug-likeness (QED) is 0.891. The highest BCUT2D eigenvalue weighted by Gasteiger charge is 2.28. The summed E-state index contributed by atoms with van der Waals surface area (Å²) in [6.07, 6.45) is 1.55. The number of aliphatic hydroxyl groups is 1. The second-order valence-electron chi connectivity index (χ2n) is 5.97. The van der Waals surface area contributed by atoms with E-state index in [-0.39, 0.29) is 18.1 Å². The van der Waals surface area contributed by atoms with Crippen molar-refractivity contribution in [1.29, 1.82) is 5.26 Å². The molecule has 1 aliphatic rings. The van der Waals surface area contributed by atoms with Gasteiger partial charge in [-0.3, -0.25) is 9.69 Å². The molecule has 0 aromatic heterocycles. The van der Waals surface area contributed by atoms with Crippen LogP contribution in [0.25, 0.3) is 0 Å². The van der Waals surface area contributed by atoms with Crippen LogP contribution in [0.2, 0.25) is 0 Å². The van der Waals surface area contributed by atoms with Crippen LogP contribution >= 0.6 is 0 Å². The van der Waals surface area contributed by atoms with E-state index in [1.165, 1.54) is 0 Å². The molecule has 0 saturated carbocycles. The van der Waals surface area contributed by atoms with E-state index in [0.29, 0.717) is 17.2 Å². The Labute approximate surface area is 131 Å². The number of rotatable bonds is 4. The zero-order valence-electron chi connectivity index (χ0n) is 13.1. The van der Waals surface area contributed by atoms with Crippen molar-refractivity contribution in [2.75, 3.05) is 18.4 Å². The maximum Gasteiger partial charge on any atom is 0.241 e. The first kappa shape index (κ1) is 16.5. The van der Waals surface area contributed by atoms with Crippen molar-refractivity contribution in [1.82, 2.24) is 4.90 Å². The molecule has 2 atom stereocenters. The molecule has 118 valence electrons. The van der Waals surface area contributed by atoms with Crippen LogP contribution in [0.4, 0.5) is 5.69 Å². The molecule has 2 N–H and O–H groups in total. The van der Waals surface area contributed by atoms with Crippen LogP contribution in [-0.2, 0) is 4.79 Å². The Balaban J connectivity index is 1.91. The highest BCUT2D eigenvalue weighted by atomic mass is 16.3. The van der Waals surface area contributed by atoms with E-state index in [4.69, 9.17) is 5.26 Å². The number of aliphatic hydroxyl groups excluding tert-OH is 1. The predicted octanol–water partition coefficient (Wildman–Crippen LogP) is 1.98. The largest absolute Gasteiger partial charge is 0.393 e. The number of hydrogen-bond donors (Lipinski definition) is 2. The number of carbonyl (C=O) groups is 1. The van der Waals surface area contributed by atoms with Gasteiger partial charge in [0.1, 0.15) is 0 Å². The minimum absolute atomic E-state index is 0.0643. The van der Waals surface area contributed by atoms with E-state index in [2.05, 4.69) is 16.3 Å². The molecule has 5 nitrogen and oxygen atoms in total. The molecule has 1 aliphatic heterocycles. The Morgan fingerprint density at radius 3 is 2.68 bits per heavy atom. The minimum Gasteiger partial charge on any atom is -0.393 e. The number of piperidine rings is 1. The first-order valence-corrected chi connectivity index (χ1v) is 7.74. The van der Waals surface area contributed by atoms with Gasteiger partial charge in [-0.1, -0.05) is 6.07 Å². The van der Waals surface area contributed by atoms with Gasteiger partial charge >= 0.3 is 0 Å². The maximum atomic E-state index is 12.3. The number of hydrogen-bond acceptors (Lipinski definition) is 4. The highest BCUT2D eigenvalue weighted by Crippen LogP contribution is 2.22. The van der Waals surface area contributed by atoms with Crippen molar-refractivity contribution in [2.24, 2.45) is 5.92 Å². The third-order valence-corrected chi connectivity index (χ3v) is 4.44. The number of amides is 1. The number of nitrogens with one attached hydrogen (secondary N) is 1. The first-order valence-electron chi connectivity index (χ1n) is 7.74. The Hall–Kier alpha value is -1.90. The Morgan fingerprint density at radius 1 is 1.41 bits per heavy atom. The van der Waals surface area contributed by atoms with Crippen LogP contribution in [0.5, 0.6) is 0 Å². The topological polar surface area (TPSA) is 76.4 Å². The monoisotopic (exact) mass is 301 g/mol. The number of likely N-dealkylation sites (tertiary alicyclic amines) is 1. The van der Waals surface area contributed by atoms with Crippen molar-refractivity contribution in [2.45, 2.75) is 38.8 Å². The number of nitriles is 1. The molecule has 1 saturated heterocycles. The van der Waals surface area contributed by atoms with Gasteiger partial charge in [0.25, 0.3) is 0 Å². The first-order chi connectivity index (χ1) is 10.5. The van der Waals surface area contributed by atoms with Crippen LogP contribution in [0.3, 0.4) is 0 Å². The lowest BCUT2D eigenvalue weighted by Gasteiger charge is -2.36. The number of carbonyl (C=O) groups excluding carboxylic acids is 1. The highest BCUT2D eigenvalue weighted by molar-refractivity contribution is 5.94. The zero-order valence-corrected chi connectivity index (χ0v) is 13.1. The molecule has 1 amide bonds. The number of anilines is 1. The normalized spacial score (nSPS) is 19.2. The maximum absolute atomic E-state index is 12.3. The average Bonchev–Trinajstić information content (AvgIpc) is 2.54. The molecule has 0 aliphatic carbocycles. The molecule has 1 fully saturated rings. The van der Waals surface area contributed by atoms with Gasteiger partial charge in [0.15, 0.2) is 0 Å². The fourth-order valence-corrected chi connectivity index (χ4v) is 2.87. The minimum atomic E-state index is -0.278. The van der Waals surface area contributed by atoms with Crippen molar-refractivity contribution in [3.8, 4) is 6.07 Å². The van der Waals surface area contributed by atoms with Crippen LogP contribution in [-0.4, -0.2) is 41.1 Å². The van der Waals surface area contributed by atoms with Gasteiger partial charge in [-0.05, 0) is 63.9 Å². The van der Waals surface area contributed by atoms with E-state index >= 15 is 0 Å². The van der Waals surface area contributed by atoms with E-state index in [9.17, 15) is 9.90 Å². The lowest BCUT2D eigenvalue weighted by molar-refractivity contribution is -0.121. The Bertz CT molecular complexity index is 557. The molecule has 1 aromatic carbocycles. The third kappa shape index (κ3) is 4.06. The van der Waals surface area contributed by atoms with E-state index < -0.39 is 0 Å². The summed E-state index contributed by atoms with van der Waals surface area (Å²) in [5, 5.41) is 21.4. The van der Waals surface area contributed by atoms with Crippen molar-refractivity contribution in [3.63, 3.8) is 0 Å². The van der Waals surface area contributed by atoms with Gasteiger partial charge in [-0.15, -0.1) is 0 Å². The molecule has 5 heteroatoms. The summed E-state index contributed by atoms with van der Waals surface area (Å²) in [6.45, 7) is 5.37. The molecule has 0 bridgehead atoms.